The molecule has 0 aromatic heterocycles. The van der Waals surface area contributed by atoms with E-state index in [2.05, 4.69) is 66.1 Å². The van der Waals surface area contributed by atoms with Gasteiger partial charge in [0.05, 0.1) is 13.0 Å². The number of hydrogen-bond donors (Lipinski definition) is 1. The van der Waals surface area contributed by atoms with Gasteiger partial charge in [-0.05, 0) is 74.2 Å². The molecule has 9 nitrogen and oxygen atoms in total. The second-order valence-electron chi connectivity index (χ2n) is 13.0. The Hall–Kier alpha value is -5.12. The maximum absolute atomic E-state index is 14.2. The summed E-state index contributed by atoms with van der Waals surface area (Å²) in [4.78, 5) is 33.9. The number of aryl methyl sites for hydroxylation is 2. The number of piperidine rings is 1. The molecule has 0 saturated carbocycles. The van der Waals surface area contributed by atoms with Crippen molar-refractivity contribution in [3.8, 4) is 12.1 Å². The van der Waals surface area contributed by atoms with Gasteiger partial charge in [-0.2, -0.15) is 10.5 Å². The van der Waals surface area contributed by atoms with Gasteiger partial charge < -0.3 is 19.8 Å². The van der Waals surface area contributed by atoms with Gasteiger partial charge in [0, 0.05) is 44.8 Å². The molecular formula is C39H44N6O3. The van der Waals surface area contributed by atoms with Gasteiger partial charge in [0.2, 0.25) is 5.91 Å². The van der Waals surface area contributed by atoms with E-state index in [9.17, 15) is 25.2 Å². The highest BCUT2D eigenvalue weighted by Gasteiger charge is 2.30. The third-order valence-electron chi connectivity index (χ3n) is 9.00. The lowest BCUT2D eigenvalue weighted by atomic mass is 10.1. The van der Waals surface area contributed by atoms with E-state index in [-0.39, 0.29) is 24.3 Å². The second-order valence-corrected chi connectivity index (χ2v) is 13.0. The highest BCUT2D eigenvalue weighted by atomic mass is 16.4. The fourth-order valence-corrected chi connectivity index (χ4v) is 6.93. The number of likely N-dealkylation sites (tertiary alicyclic amines) is 1. The summed E-state index contributed by atoms with van der Waals surface area (Å²) in [5, 5.41) is 29.1. The fourth-order valence-electron chi connectivity index (χ4n) is 6.93. The van der Waals surface area contributed by atoms with Crippen LogP contribution in [0.15, 0.2) is 78.1 Å². The van der Waals surface area contributed by atoms with Crippen molar-refractivity contribution in [1.82, 2.24) is 14.7 Å². The summed E-state index contributed by atoms with van der Waals surface area (Å²) in [5.41, 5.74) is 6.94. The molecule has 3 aromatic rings. The molecule has 0 radical (unpaired) electrons. The number of nitriles is 2. The molecule has 9 heteroatoms. The number of carbonyl (C=O) groups excluding carboxylic acids is 1. The van der Waals surface area contributed by atoms with Crippen molar-refractivity contribution < 1.29 is 14.7 Å². The molecule has 0 unspecified atom stereocenters. The smallest absolute Gasteiger partial charge is 0.307 e. The zero-order chi connectivity index (χ0) is 34.0. The van der Waals surface area contributed by atoms with Crippen LogP contribution in [0, 0.1) is 36.5 Å². The Morgan fingerprint density at radius 1 is 0.771 bits per heavy atom. The van der Waals surface area contributed by atoms with Crippen LogP contribution in [0.3, 0.4) is 0 Å². The van der Waals surface area contributed by atoms with E-state index in [1.165, 1.54) is 19.3 Å². The van der Waals surface area contributed by atoms with E-state index < -0.39 is 5.97 Å². The van der Waals surface area contributed by atoms with Gasteiger partial charge in [0.15, 0.2) is 5.57 Å². The molecule has 248 valence electrons. The molecule has 0 atom stereocenters. The Bertz CT molecular complexity index is 1710. The molecule has 0 bridgehead atoms. The molecule has 1 amide bonds. The first kappa shape index (κ1) is 34.2. The van der Waals surface area contributed by atoms with Gasteiger partial charge >= 0.3 is 5.97 Å². The molecule has 48 heavy (non-hydrogen) atoms. The quantitative estimate of drug-likeness (QED) is 0.242. The third-order valence-corrected chi connectivity index (χ3v) is 9.00. The summed E-state index contributed by atoms with van der Waals surface area (Å²) < 4.78 is 0. The Morgan fingerprint density at radius 2 is 1.44 bits per heavy atom. The minimum absolute atomic E-state index is 0.0434. The van der Waals surface area contributed by atoms with Crippen LogP contribution in [0.25, 0.3) is 0 Å². The molecule has 2 heterocycles. The SMILES string of the molecule is Cc1cc(C)cc(CN2CCN(CCC(=O)N(Cc3cccc(CC(=O)O)c3)c3cccc(CN4CCCCC4)c3)C2=C(C#N)C#N)c1. The summed E-state index contributed by atoms with van der Waals surface area (Å²) in [7, 11) is 0. The molecule has 2 aliphatic heterocycles. The predicted molar refractivity (Wildman–Crippen MR) is 185 cm³/mol. The van der Waals surface area contributed by atoms with Gasteiger partial charge in [0.25, 0.3) is 0 Å². The summed E-state index contributed by atoms with van der Waals surface area (Å²) in [6.07, 6.45) is 3.75. The first-order chi connectivity index (χ1) is 23.2. The maximum Gasteiger partial charge on any atom is 0.307 e. The minimum Gasteiger partial charge on any atom is -0.481 e. The number of nitrogens with zero attached hydrogens (tertiary/aromatic N) is 6. The summed E-state index contributed by atoms with van der Waals surface area (Å²) >= 11 is 0. The van der Waals surface area contributed by atoms with E-state index in [1.54, 1.807) is 11.0 Å². The molecule has 5 rings (SSSR count). The normalized spacial score (nSPS) is 14.8. The highest BCUT2D eigenvalue weighted by molar-refractivity contribution is 5.93. The van der Waals surface area contributed by atoms with E-state index >= 15 is 0 Å². The number of allylic oxidation sites excluding steroid dienone is 1. The van der Waals surface area contributed by atoms with Crippen molar-refractivity contribution in [3.05, 3.63) is 112 Å². The third kappa shape index (κ3) is 9.02. The monoisotopic (exact) mass is 644 g/mol. The van der Waals surface area contributed by atoms with E-state index in [0.717, 1.165) is 53.1 Å². The molecule has 2 saturated heterocycles. The van der Waals surface area contributed by atoms with Crippen LogP contribution < -0.4 is 4.90 Å². The largest absolute Gasteiger partial charge is 0.481 e. The number of carboxylic acid groups (broad SMARTS) is 1. The fraction of sp³-hybridized carbons (Fsp3) is 0.385. The van der Waals surface area contributed by atoms with Crippen molar-refractivity contribution in [2.45, 2.75) is 65.6 Å². The number of anilines is 1. The number of carboxylic acids is 1. The molecule has 0 aliphatic carbocycles. The van der Waals surface area contributed by atoms with Crippen LogP contribution in [0.2, 0.25) is 0 Å². The van der Waals surface area contributed by atoms with E-state index in [1.807, 2.05) is 35.2 Å². The first-order valence-corrected chi connectivity index (χ1v) is 16.7. The zero-order valence-corrected chi connectivity index (χ0v) is 28.0. The van der Waals surface area contributed by atoms with Crippen LogP contribution in [-0.4, -0.2) is 64.4 Å². The van der Waals surface area contributed by atoms with Crippen LogP contribution in [0.5, 0.6) is 0 Å². The van der Waals surface area contributed by atoms with E-state index in [0.29, 0.717) is 44.1 Å². The lowest BCUT2D eigenvalue weighted by Crippen LogP contribution is -2.34. The number of benzene rings is 3. The first-order valence-electron chi connectivity index (χ1n) is 16.7. The van der Waals surface area contributed by atoms with Crippen LogP contribution >= 0.6 is 0 Å². The van der Waals surface area contributed by atoms with Crippen molar-refractivity contribution in [3.63, 3.8) is 0 Å². The zero-order valence-electron chi connectivity index (χ0n) is 28.0. The number of hydrogen-bond acceptors (Lipinski definition) is 7. The van der Waals surface area contributed by atoms with Gasteiger partial charge in [0.1, 0.15) is 18.0 Å². The number of amides is 1. The Balaban J connectivity index is 1.37. The average Bonchev–Trinajstić information content (AvgIpc) is 3.44. The predicted octanol–water partition coefficient (Wildman–Crippen LogP) is 5.92. The molecule has 2 aliphatic rings. The standard InChI is InChI=1S/C39H44N6O3/c1-29-18-30(2)20-34(19-29)27-44-17-16-43(39(44)35(24-40)25-41)15-12-37(46)45(28-32-9-6-8-31(21-32)23-38(47)48)36-11-7-10-33(22-36)26-42-13-4-3-5-14-42/h6-11,18-22H,3-5,12-17,23,26-28H2,1-2H3,(H,47,48). The van der Waals surface area contributed by atoms with Crippen LogP contribution in [-0.2, 0) is 35.6 Å². The average molecular weight is 645 g/mol. The maximum atomic E-state index is 14.2. The van der Waals surface area contributed by atoms with Crippen molar-refractivity contribution in [1.29, 1.82) is 10.5 Å². The Morgan fingerprint density at radius 3 is 2.15 bits per heavy atom. The minimum atomic E-state index is -0.902. The number of carbonyl (C=O) groups is 2. The van der Waals surface area contributed by atoms with Gasteiger partial charge in [-0.15, -0.1) is 0 Å². The second kappa shape index (κ2) is 16.1. The Labute approximate surface area is 283 Å². The van der Waals surface area contributed by atoms with Crippen molar-refractivity contribution in [2.24, 2.45) is 0 Å². The van der Waals surface area contributed by atoms with Gasteiger partial charge in [-0.1, -0.05) is 72.1 Å². The topological polar surface area (TPSA) is 115 Å². The van der Waals surface area contributed by atoms with Crippen LogP contribution in [0.4, 0.5) is 5.69 Å². The van der Waals surface area contributed by atoms with Gasteiger partial charge in [-0.25, -0.2) is 0 Å². The molecular weight excluding hydrogens is 600 g/mol. The number of rotatable bonds is 12. The molecule has 1 N–H and O–H groups in total. The molecule has 3 aromatic carbocycles. The molecule has 0 spiro atoms. The Kier molecular flexibility index (Phi) is 11.5. The lowest BCUT2D eigenvalue weighted by molar-refractivity contribution is -0.136. The highest BCUT2D eigenvalue weighted by Crippen LogP contribution is 2.27. The van der Waals surface area contributed by atoms with Crippen LogP contribution in [0.1, 0.15) is 59.1 Å². The van der Waals surface area contributed by atoms with Crippen molar-refractivity contribution >= 4 is 17.6 Å². The van der Waals surface area contributed by atoms with Crippen molar-refractivity contribution in [2.75, 3.05) is 37.6 Å². The molecule has 2 fully saturated rings. The van der Waals surface area contributed by atoms with Gasteiger partial charge in [-0.3, -0.25) is 14.5 Å². The number of aliphatic carboxylic acids is 1. The lowest BCUT2D eigenvalue weighted by Gasteiger charge is -2.29. The van der Waals surface area contributed by atoms with E-state index in [4.69, 9.17) is 0 Å². The summed E-state index contributed by atoms with van der Waals surface area (Å²) in [6, 6.07) is 26.1. The summed E-state index contributed by atoms with van der Waals surface area (Å²) in [5.74, 6) is -0.416. The summed E-state index contributed by atoms with van der Waals surface area (Å²) in [6.45, 7) is 9.54.